The van der Waals surface area contributed by atoms with E-state index in [1.54, 1.807) is 0 Å². The molecule has 0 aliphatic rings. The number of hydrogen-bond acceptors (Lipinski definition) is 0. The molecule has 0 heterocycles. The second-order valence-electron chi connectivity index (χ2n) is 10.9. The highest BCUT2D eigenvalue weighted by Gasteiger charge is 2.17. The maximum Gasteiger partial charge on any atom is -0.00262 e. The van der Waals surface area contributed by atoms with Crippen LogP contribution < -0.4 is 0 Å². The summed E-state index contributed by atoms with van der Waals surface area (Å²) in [4.78, 5) is 0. The molecule has 0 N–H and O–H groups in total. The number of rotatable bonds is 4. The van der Waals surface area contributed by atoms with Crippen LogP contribution in [0.4, 0.5) is 0 Å². The summed E-state index contributed by atoms with van der Waals surface area (Å²) < 4.78 is 0. The maximum atomic E-state index is 2.38. The molecule has 8 aromatic carbocycles. The first-order valence-corrected chi connectivity index (χ1v) is 14.5. The molecule has 0 atom stereocenters. The first-order valence-electron chi connectivity index (χ1n) is 14.5. The summed E-state index contributed by atoms with van der Waals surface area (Å²) in [5.74, 6) is 0. The minimum absolute atomic E-state index is 1.23. The molecule has 0 fully saturated rings. The van der Waals surface area contributed by atoms with E-state index in [-0.39, 0.29) is 0 Å². The van der Waals surface area contributed by atoms with Crippen molar-refractivity contribution in [3.05, 3.63) is 170 Å². The van der Waals surface area contributed by atoms with Crippen LogP contribution in [0.2, 0.25) is 0 Å². The van der Waals surface area contributed by atoms with Gasteiger partial charge in [0.25, 0.3) is 0 Å². The molecule has 8 aromatic rings. The molecule has 0 unspecified atom stereocenters. The van der Waals surface area contributed by atoms with Gasteiger partial charge in [0.15, 0.2) is 0 Å². The number of hydrogen-bond donors (Lipinski definition) is 0. The van der Waals surface area contributed by atoms with Gasteiger partial charge in [-0.3, -0.25) is 0 Å². The molecule has 0 nitrogen and oxygen atoms in total. The highest BCUT2D eigenvalue weighted by molar-refractivity contribution is 6.21. The molecule has 0 heteroatoms. The zero-order valence-electron chi connectivity index (χ0n) is 23.2. The molecule has 0 amide bonds. The Hall–Kier alpha value is -5.46. The predicted molar refractivity (Wildman–Crippen MR) is 181 cm³/mol. The maximum absolute atomic E-state index is 2.38. The van der Waals surface area contributed by atoms with Crippen molar-refractivity contribution in [1.29, 1.82) is 0 Å². The largest absolute Gasteiger partial charge is 0.0622 e. The fourth-order valence-electron chi connectivity index (χ4n) is 6.52. The Labute approximate surface area is 246 Å². The van der Waals surface area contributed by atoms with Crippen LogP contribution in [-0.2, 0) is 0 Å². The third-order valence-electron chi connectivity index (χ3n) is 8.43. The lowest BCUT2D eigenvalue weighted by Crippen LogP contribution is -1.91. The number of benzene rings is 8. The van der Waals surface area contributed by atoms with Gasteiger partial charge in [-0.05, 0) is 95.0 Å². The van der Waals surface area contributed by atoms with Crippen molar-refractivity contribution in [2.45, 2.75) is 0 Å². The van der Waals surface area contributed by atoms with Crippen LogP contribution in [-0.4, -0.2) is 0 Å². The third-order valence-corrected chi connectivity index (χ3v) is 8.43. The third kappa shape index (κ3) is 4.08. The summed E-state index contributed by atoms with van der Waals surface area (Å²) in [6, 6.07) is 61.7. The van der Waals surface area contributed by atoms with E-state index in [1.165, 1.54) is 76.8 Å². The van der Waals surface area contributed by atoms with Gasteiger partial charge >= 0.3 is 0 Å². The quantitative estimate of drug-likeness (QED) is 0.198. The van der Waals surface area contributed by atoms with Crippen LogP contribution in [0.3, 0.4) is 0 Å². The topological polar surface area (TPSA) is 0 Å². The van der Waals surface area contributed by atoms with E-state index in [1.807, 2.05) is 0 Å². The smallest absolute Gasteiger partial charge is 0.00262 e. The van der Waals surface area contributed by atoms with E-state index < -0.39 is 0 Å². The van der Waals surface area contributed by atoms with E-state index in [9.17, 15) is 0 Å². The van der Waals surface area contributed by atoms with Gasteiger partial charge in [-0.25, -0.2) is 0 Å². The molecule has 8 rings (SSSR count). The van der Waals surface area contributed by atoms with Crippen LogP contribution in [0.15, 0.2) is 170 Å². The van der Waals surface area contributed by atoms with Gasteiger partial charge < -0.3 is 0 Å². The van der Waals surface area contributed by atoms with Crippen LogP contribution >= 0.6 is 0 Å². The molecule has 0 aliphatic carbocycles. The van der Waals surface area contributed by atoms with Crippen molar-refractivity contribution < 1.29 is 0 Å². The Morgan fingerprint density at radius 1 is 0.238 bits per heavy atom. The second kappa shape index (κ2) is 10.2. The van der Waals surface area contributed by atoms with Crippen molar-refractivity contribution in [2.24, 2.45) is 0 Å². The van der Waals surface area contributed by atoms with E-state index in [2.05, 4.69) is 170 Å². The van der Waals surface area contributed by atoms with Gasteiger partial charge in [0.2, 0.25) is 0 Å². The fourth-order valence-corrected chi connectivity index (χ4v) is 6.52. The number of fused-ring (bicyclic) bond motifs is 3. The Balaban J connectivity index is 1.41. The second-order valence-corrected chi connectivity index (χ2v) is 10.9. The normalized spacial score (nSPS) is 11.3. The van der Waals surface area contributed by atoms with E-state index in [4.69, 9.17) is 0 Å². The highest BCUT2D eigenvalue weighted by atomic mass is 14.2. The Morgan fingerprint density at radius 3 is 1.10 bits per heavy atom. The average molecular weight is 533 g/mol. The first-order chi connectivity index (χ1) is 20.8. The van der Waals surface area contributed by atoms with Gasteiger partial charge in [-0.1, -0.05) is 152 Å². The summed E-state index contributed by atoms with van der Waals surface area (Å²) in [5.41, 5.74) is 10.0. The van der Waals surface area contributed by atoms with Crippen molar-refractivity contribution in [3.63, 3.8) is 0 Å². The summed E-state index contributed by atoms with van der Waals surface area (Å²) in [7, 11) is 0. The van der Waals surface area contributed by atoms with Crippen molar-refractivity contribution in [1.82, 2.24) is 0 Å². The summed E-state index contributed by atoms with van der Waals surface area (Å²) in [6.07, 6.45) is 0. The lowest BCUT2D eigenvalue weighted by atomic mass is 9.85. The standard InChI is InChI=1S/C42H28/c1-4-14-29(15-5-1)39-27-32-24-25-33(26-34(32)28-40(39)30-16-6-2-7-17-30)42-37-22-12-10-20-35(37)41(31-18-8-3-9-19-31)36-21-11-13-23-38(36)42/h1-28H. The van der Waals surface area contributed by atoms with Crippen LogP contribution in [0.25, 0.3) is 76.8 Å². The Morgan fingerprint density at radius 2 is 0.619 bits per heavy atom. The molecule has 196 valence electrons. The van der Waals surface area contributed by atoms with Gasteiger partial charge in [-0.15, -0.1) is 0 Å². The van der Waals surface area contributed by atoms with Gasteiger partial charge in [0, 0.05) is 0 Å². The molecule has 0 saturated heterocycles. The molecule has 0 aliphatic heterocycles. The zero-order valence-corrected chi connectivity index (χ0v) is 23.2. The SMILES string of the molecule is c1ccc(-c2cc3ccc(-c4c5ccccc5c(-c5ccccc5)c5ccccc45)cc3cc2-c2ccccc2)cc1. The molecule has 42 heavy (non-hydrogen) atoms. The lowest BCUT2D eigenvalue weighted by molar-refractivity contribution is 1.60. The zero-order chi connectivity index (χ0) is 27.9. The lowest BCUT2D eigenvalue weighted by Gasteiger charge is -2.18. The molecule has 0 spiro atoms. The summed E-state index contributed by atoms with van der Waals surface area (Å²) >= 11 is 0. The van der Waals surface area contributed by atoms with Crippen molar-refractivity contribution >= 4 is 32.3 Å². The predicted octanol–water partition coefficient (Wildman–Crippen LogP) is 11.8. The molecule has 0 bridgehead atoms. The van der Waals surface area contributed by atoms with Crippen LogP contribution in [0.1, 0.15) is 0 Å². The molecular weight excluding hydrogens is 504 g/mol. The minimum Gasteiger partial charge on any atom is -0.0622 e. The first kappa shape index (κ1) is 24.3. The van der Waals surface area contributed by atoms with Crippen LogP contribution in [0, 0.1) is 0 Å². The monoisotopic (exact) mass is 532 g/mol. The van der Waals surface area contributed by atoms with E-state index in [0.29, 0.717) is 0 Å². The van der Waals surface area contributed by atoms with Crippen LogP contribution in [0.5, 0.6) is 0 Å². The Kier molecular flexibility index (Phi) is 5.90. The molecule has 0 saturated carbocycles. The molecular formula is C42H28. The van der Waals surface area contributed by atoms with Gasteiger partial charge in [-0.2, -0.15) is 0 Å². The van der Waals surface area contributed by atoms with Crippen molar-refractivity contribution in [3.8, 4) is 44.5 Å². The highest BCUT2D eigenvalue weighted by Crippen LogP contribution is 2.44. The Bertz CT molecular complexity index is 2150. The minimum atomic E-state index is 1.23. The summed E-state index contributed by atoms with van der Waals surface area (Å²) in [6.45, 7) is 0. The van der Waals surface area contributed by atoms with E-state index >= 15 is 0 Å². The van der Waals surface area contributed by atoms with Gasteiger partial charge in [0.05, 0.1) is 0 Å². The van der Waals surface area contributed by atoms with Crippen molar-refractivity contribution in [2.75, 3.05) is 0 Å². The molecule has 0 radical (unpaired) electrons. The molecule has 0 aromatic heterocycles. The summed E-state index contributed by atoms with van der Waals surface area (Å²) in [5, 5.41) is 7.60. The average Bonchev–Trinajstić information content (AvgIpc) is 3.07. The van der Waals surface area contributed by atoms with Gasteiger partial charge in [0.1, 0.15) is 0 Å². The fraction of sp³-hybridized carbons (Fsp3) is 0. The van der Waals surface area contributed by atoms with E-state index in [0.717, 1.165) is 0 Å².